The normalized spacial score (nSPS) is 12.2. The van der Waals surface area contributed by atoms with Gasteiger partial charge in [-0.25, -0.2) is 8.42 Å². The summed E-state index contributed by atoms with van der Waals surface area (Å²) in [7, 11) is -0.809. The predicted octanol–water partition coefficient (Wildman–Crippen LogP) is 4.47. The Balaban J connectivity index is 2.15. The number of hydrogen-bond donors (Lipinski definition) is 1. The summed E-state index contributed by atoms with van der Waals surface area (Å²) in [6, 6.07) is 7.49. The molecular formula is C25H35N3O7S. The Morgan fingerprint density at radius 3 is 2.25 bits per heavy atom. The topological polar surface area (TPSA) is 128 Å². The summed E-state index contributed by atoms with van der Waals surface area (Å²) in [6.45, 7) is 7.96. The fraction of sp³-hybridized carbons (Fsp3) is 0.480. The number of aryl methyl sites for hydroxylation is 1. The van der Waals surface area contributed by atoms with Crippen LogP contribution in [-0.2, 0) is 14.8 Å². The van der Waals surface area contributed by atoms with Gasteiger partial charge in [0, 0.05) is 25.1 Å². The smallest absolute Gasteiger partial charge is 0.271 e. The molecule has 1 atom stereocenters. The van der Waals surface area contributed by atoms with E-state index in [1.165, 1.54) is 19.2 Å². The molecule has 2 aromatic rings. The maximum atomic E-state index is 12.7. The number of anilines is 1. The van der Waals surface area contributed by atoms with Gasteiger partial charge >= 0.3 is 0 Å². The number of nitrogens with zero attached hydrogens (tertiary/aromatic N) is 2. The molecule has 0 heterocycles. The number of rotatable bonds is 12. The van der Waals surface area contributed by atoms with Crippen LogP contribution in [0.25, 0.3) is 0 Å². The number of nitro benzene ring substituents is 1. The molecule has 2 rings (SSSR count). The zero-order chi connectivity index (χ0) is 27.2. The number of benzene rings is 2. The van der Waals surface area contributed by atoms with Crippen LogP contribution in [0.15, 0.2) is 30.3 Å². The van der Waals surface area contributed by atoms with Crippen molar-refractivity contribution in [1.29, 1.82) is 0 Å². The van der Waals surface area contributed by atoms with Crippen molar-refractivity contribution in [2.24, 2.45) is 0 Å². The molecule has 0 radical (unpaired) electrons. The van der Waals surface area contributed by atoms with E-state index >= 15 is 0 Å². The standard InChI is InChI=1S/C25H35N3O7S/c1-16(2)20-15-21(17(3)13-24(20)35-6)18(4)26-25(29)9-8-12-27(36(7,32)33)22-14-19(28(30)31)10-11-23(22)34-5/h10-11,13-16,18H,8-9,12H2,1-7H3,(H,26,29)/t18-/m1/s1. The highest BCUT2D eigenvalue weighted by molar-refractivity contribution is 7.92. The Bertz CT molecular complexity index is 1210. The van der Waals surface area contributed by atoms with Crippen molar-refractivity contribution in [2.45, 2.75) is 52.5 Å². The number of ether oxygens (including phenoxy) is 2. The van der Waals surface area contributed by atoms with Crippen molar-refractivity contribution in [3.8, 4) is 11.5 Å². The average Bonchev–Trinajstić information content (AvgIpc) is 2.79. The molecule has 0 bridgehead atoms. The van der Waals surface area contributed by atoms with E-state index in [9.17, 15) is 23.3 Å². The van der Waals surface area contributed by atoms with E-state index < -0.39 is 14.9 Å². The summed E-state index contributed by atoms with van der Waals surface area (Å²) in [5, 5.41) is 14.2. The zero-order valence-electron chi connectivity index (χ0n) is 21.8. The minimum atomic E-state index is -3.80. The lowest BCUT2D eigenvalue weighted by Gasteiger charge is -2.24. The van der Waals surface area contributed by atoms with E-state index in [1.54, 1.807) is 7.11 Å². The van der Waals surface area contributed by atoms with Gasteiger partial charge in [0.25, 0.3) is 5.69 Å². The van der Waals surface area contributed by atoms with Crippen molar-refractivity contribution < 1.29 is 27.6 Å². The number of carbonyl (C=O) groups is 1. The molecule has 2 aromatic carbocycles. The monoisotopic (exact) mass is 521 g/mol. The maximum Gasteiger partial charge on any atom is 0.271 e. The summed E-state index contributed by atoms with van der Waals surface area (Å²) in [4.78, 5) is 23.3. The van der Waals surface area contributed by atoms with Crippen LogP contribution in [0.1, 0.15) is 62.3 Å². The minimum Gasteiger partial charge on any atom is -0.496 e. The van der Waals surface area contributed by atoms with Gasteiger partial charge in [-0.05, 0) is 61.1 Å². The molecule has 0 fully saturated rings. The lowest BCUT2D eigenvalue weighted by atomic mass is 9.93. The molecule has 1 amide bonds. The van der Waals surface area contributed by atoms with E-state index in [2.05, 4.69) is 19.2 Å². The molecule has 36 heavy (non-hydrogen) atoms. The molecule has 0 saturated carbocycles. The quantitative estimate of drug-likeness (QED) is 0.322. The lowest BCUT2D eigenvalue weighted by molar-refractivity contribution is -0.384. The first-order valence-corrected chi connectivity index (χ1v) is 13.4. The highest BCUT2D eigenvalue weighted by atomic mass is 32.2. The Morgan fingerprint density at radius 2 is 1.72 bits per heavy atom. The molecular weight excluding hydrogens is 486 g/mol. The highest BCUT2D eigenvalue weighted by Crippen LogP contribution is 2.34. The largest absolute Gasteiger partial charge is 0.496 e. The first-order valence-electron chi connectivity index (χ1n) is 11.6. The van der Waals surface area contributed by atoms with Crippen LogP contribution in [0, 0.1) is 17.0 Å². The number of nitro groups is 1. The summed E-state index contributed by atoms with van der Waals surface area (Å²) in [5.74, 6) is 1.00. The molecule has 0 aliphatic heterocycles. The number of nitrogens with one attached hydrogen (secondary N) is 1. The number of methoxy groups -OCH3 is 2. The second kappa shape index (κ2) is 12.1. The number of carbonyl (C=O) groups excluding carboxylic acids is 1. The number of non-ortho nitro benzene ring substituents is 1. The van der Waals surface area contributed by atoms with Gasteiger partial charge in [-0.3, -0.25) is 19.2 Å². The SMILES string of the molecule is COc1cc(C)c([C@@H](C)NC(=O)CCCN(c2cc([N+](=O)[O-])ccc2OC)S(C)(=O)=O)cc1C(C)C. The molecule has 198 valence electrons. The molecule has 10 nitrogen and oxygen atoms in total. The third-order valence-corrected chi connectivity index (χ3v) is 7.07. The summed E-state index contributed by atoms with van der Waals surface area (Å²) in [6.07, 6.45) is 1.28. The Hall–Kier alpha value is -3.34. The van der Waals surface area contributed by atoms with Crippen LogP contribution >= 0.6 is 0 Å². The van der Waals surface area contributed by atoms with Crippen LogP contribution in [-0.4, -0.2) is 46.3 Å². The molecule has 0 aromatic heterocycles. The third-order valence-electron chi connectivity index (χ3n) is 5.89. The fourth-order valence-electron chi connectivity index (χ4n) is 4.04. The first kappa shape index (κ1) is 28.9. The van der Waals surface area contributed by atoms with Crippen LogP contribution in [0.2, 0.25) is 0 Å². The van der Waals surface area contributed by atoms with Gasteiger partial charge in [0.05, 0.1) is 31.4 Å². The Morgan fingerprint density at radius 1 is 1.08 bits per heavy atom. The summed E-state index contributed by atoms with van der Waals surface area (Å²) >= 11 is 0. The first-order chi connectivity index (χ1) is 16.8. The predicted molar refractivity (Wildman–Crippen MR) is 139 cm³/mol. The lowest BCUT2D eigenvalue weighted by Crippen LogP contribution is -2.33. The second-order valence-corrected chi connectivity index (χ2v) is 10.9. The third kappa shape index (κ3) is 7.09. The van der Waals surface area contributed by atoms with Crippen molar-refractivity contribution in [2.75, 3.05) is 31.3 Å². The molecule has 0 spiro atoms. The maximum absolute atomic E-state index is 12.7. The number of amides is 1. The van der Waals surface area contributed by atoms with E-state index in [-0.39, 0.29) is 54.4 Å². The van der Waals surface area contributed by atoms with E-state index in [0.29, 0.717) is 0 Å². The zero-order valence-corrected chi connectivity index (χ0v) is 22.6. The molecule has 11 heteroatoms. The molecule has 0 unspecified atom stereocenters. The van der Waals surface area contributed by atoms with Crippen LogP contribution in [0.3, 0.4) is 0 Å². The summed E-state index contributed by atoms with van der Waals surface area (Å²) < 4.78 is 36.7. The van der Waals surface area contributed by atoms with Crippen molar-refractivity contribution in [1.82, 2.24) is 5.32 Å². The van der Waals surface area contributed by atoms with E-state index in [1.807, 2.05) is 26.0 Å². The number of hydrogen-bond acceptors (Lipinski definition) is 7. The van der Waals surface area contributed by atoms with Crippen molar-refractivity contribution in [3.05, 3.63) is 57.1 Å². The van der Waals surface area contributed by atoms with E-state index in [4.69, 9.17) is 9.47 Å². The van der Waals surface area contributed by atoms with Gasteiger partial charge < -0.3 is 14.8 Å². The molecule has 1 N–H and O–H groups in total. The van der Waals surface area contributed by atoms with Gasteiger partial charge in [-0.2, -0.15) is 0 Å². The Kier molecular flexibility index (Phi) is 9.69. The number of sulfonamides is 1. The van der Waals surface area contributed by atoms with Crippen molar-refractivity contribution >= 4 is 27.3 Å². The van der Waals surface area contributed by atoms with E-state index in [0.717, 1.165) is 39.1 Å². The van der Waals surface area contributed by atoms with Crippen LogP contribution in [0.4, 0.5) is 11.4 Å². The summed E-state index contributed by atoms with van der Waals surface area (Å²) in [5.41, 5.74) is 2.81. The molecule has 0 aliphatic rings. The average molecular weight is 522 g/mol. The van der Waals surface area contributed by atoms with Gasteiger partial charge in [-0.15, -0.1) is 0 Å². The molecule has 0 aliphatic carbocycles. The fourth-order valence-corrected chi connectivity index (χ4v) is 5.00. The van der Waals surface area contributed by atoms with Gasteiger partial charge in [0.2, 0.25) is 15.9 Å². The van der Waals surface area contributed by atoms with Gasteiger partial charge in [-0.1, -0.05) is 13.8 Å². The minimum absolute atomic E-state index is 0.0444. The highest BCUT2D eigenvalue weighted by Gasteiger charge is 2.24. The second-order valence-electron chi connectivity index (χ2n) is 8.95. The molecule has 0 saturated heterocycles. The van der Waals surface area contributed by atoms with Crippen LogP contribution in [0.5, 0.6) is 11.5 Å². The Labute approximate surface area is 212 Å². The van der Waals surface area contributed by atoms with Gasteiger partial charge in [0.1, 0.15) is 17.2 Å². The van der Waals surface area contributed by atoms with Gasteiger partial charge in [0.15, 0.2) is 0 Å². The van der Waals surface area contributed by atoms with Crippen LogP contribution < -0.4 is 19.1 Å². The van der Waals surface area contributed by atoms with Crippen molar-refractivity contribution in [3.63, 3.8) is 0 Å².